The van der Waals surface area contributed by atoms with Gasteiger partial charge in [0.1, 0.15) is 6.16 Å². The van der Waals surface area contributed by atoms with E-state index in [9.17, 15) is 9.36 Å². The molecule has 2 rings (SSSR count). The smallest absolute Gasteiger partial charge is 0.337 e. The lowest BCUT2D eigenvalue weighted by molar-refractivity contribution is 0.101. The number of anilines is 2. The molecule has 0 amide bonds. The van der Waals surface area contributed by atoms with Crippen LogP contribution in [0.15, 0.2) is 48.5 Å². The summed E-state index contributed by atoms with van der Waals surface area (Å²) >= 11 is 0. The molecule has 0 unspecified atom stereocenters. The molecule has 0 spiro atoms. The topological polar surface area (TPSA) is 55.8 Å². The van der Waals surface area contributed by atoms with E-state index in [2.05, 4.69) is 0 Å². The van der Waals surface area contributed by atoms with E-state index in [-0.39, 0.29) is 11.9 Å². The van der Waals surface area contributed by atoms with E-state index in [0.717, 1.165) is 16.9 Å². The van der Waals surface area contributed by atoms with Crippen molar-refractivity contribution in [2.24, 2.45) is 0 Å². The quantitative estimate of drug-likeness (QED) is 0.548. The summed E-state index contributed by atoms with van der Waals surface area (Å²) in [5, 5.41) is 0. The van der Waals surface area contributed by atoms with E-state index >= 15 is 0 Å². The molecule has 0 aliphatic rings. The molecule has 128 valence electrons. The third kappa shape index (κ3) is 4.12. The summed E-state index contributed by atoms with van der Waals surface area (Å²) in [5.41, 5.74) is 3.55. The molecule has 0 heterocycles. The van der Waals surface area contributed by atoms with E-state index < -0.39 is 7.60 Å². The van der Waals surface area contributed by atoms with Crippen LogP contribution in [-0.4, -0.2) is 33.2 Å². The normalized spacial score (nSPS) is 11.3. The van der Waals surface area contributed by atoms with Crippen LogP contribution in [0.3, 0.4) is 0 Å². The van der Waals surface area contributed by atoms with Gasteiger partial charge in [-0.2, -0.15) is 0 Å². The highest BCUT2D eigenvalue weighted by Crippen LogP contribution is 2.46. The molecule has 2 aromatic carbocycles. The van der Waals surface area contributed by atoms with Gasteiger partial charge >= 0.3 is 7.60 Å². The summed E-state index contributed by atoms with van der Waals surface area (Å²) in [5.74, 6) is -0.276. The Balaban J connectivity index is 2.27. The molecule has 0 bridgehead atoms. The lowest BCUT2D eigenvalue weighted by atomic mass is 10.1. The molecule has 24 heavy (non-hydrogen) atoms. The van der Waals surface area contributed by atoms with Crippen molar-refractivity contribution in [3.8, 4) is 0 Å². The van der Waals surface area contributed by atoms with Crippen molar-refractivity contribution in [1.29, 1.82) is 0 Å². The number of rotatable bonds is 7. The third-order valence-electron chi connectivity index (χ3n) is 3.93. The Morgan fingerprint density at radius 2 is 1.75 bits per heavy atom. The first-order chi connectivity index (χ1) is 11.4. The fourth-order valence-electron chi connectivity index (χ4n) is 2.44. The predicted octanol–water partition coefficient (Wildman–Crippen LogP) is 4.43. The number of ketones is 1. The number of aryl methyl sites for hydroxylation is 1. The Kier molecular flexibility index (Phi) is 5.94. The SMILES string of the molecule is COP(=O)(CC(=O)c1cccc(N(C)c2ccccc2C)c1)OC. The number of benzene rings is 2. The van der Waals surface area contributed by atoms with Gasteiger partial charge in [-0.1, -0.05) is 30.3 Å². The van der Waals surface area contributed by atoms with E-state index in [0.29, 0.717) is 5.56 Å². The summed E-state index contributed by atoms with van der Waals surface area (Å²) in [6.45, 7) is 2.04. The highest BCUT2D eigenvalue weighted by Gasteiger charge is 2.26. The maximum Gasteiger partial charge on any atom is 0.337 e. The standard InChI is InChI=1S/C18H22NO4P/c1-14-8-5-6-11-17(14)19(2)16-10-7-9-15(12-16)18(20)13-24(21,22-3)23-4/h5-12H,13H2,1-4H3. The minimum atomic E-state index is -3.37. The lowest BCUT2D eigenvalue weighted by Gasteiger charge is -2.22. The molecule has 0 aromatic heterocycles. The highest BCUT2D eigenvalue weighted by molar-refractivity contribution is 7.54. The first-order valence-corrected chi connectivity index (χ1v) is 9.26. The van der Waals surface area contributed by atoms with Gasteiger partial charge < -0.3 is 13.9 Å². The van der Waals surface area contributed by atoms with Crippen molar-refractivity contribution >= 4 is 24.8 Å². The molecule has 0 radical (unpaired) electrons. The Morgan fingerprint density at radius 3 is 2.38 bits per heavy atom. The Bertz CT molecular complexity index is 767. The Labute approximate surface area is 142 Å². The van der Waals surface area contributed by atoms with Crippen molar-refractivity contribution in [2.75, 3.05) is 32.3 Å². The van der Waals surface area contributed by atoms with Gasteiger partial charge in [0, 0.05) is 38.2 Å². The minimum Gasteiger partial charge on any atom is -0.344 e. The van der Waals surface area contributed by atoms with Crippen molar-refractivity contribution in [1.82, 2.24) is 0 Å². The lowest BCUT2D eigenvalue weighted by Crippen LogP contribution is -2.13. The van der Waals surface area contributed by atoms with Crippen LogP contribution in [0.4, 0.5) is 11.4 Å². The van der Waals surface area contributed by atoms with Gasteiger partial charge in [-0.15, -0.1) is 0 Å². The molecule has 5 nitrogen and oxygen atoms in total. The van der Waals surface area contributed by atoms with Gasteiger partial charge in [-0.05, 0) is 30.7 Å². The monoisotopic (exact) mass is 347 g/mol. The maximum atomic E-state index is 12.4. The van der Waals surface area contributed by atoms with E-state index in [1.165, 1.54) is 14.2 Å². The molecule has 6 heteroatoms. The van der Waals surface area contributed by atoms with Crippen molar-refractivity contribution in [2.45, 2.75) is 6.92 Å². The van der Waals surface area contributed by atoms with Crippen molar-refractivity contribution in [3.05, 3.63) is 59.7 Å². The maximum absolute atomic E-state index is 12.4. The summed E-state index contributed by atoms with van der Waals surface area (Å²) in [6, 6.07) is 15.2. The Hall–Kier alpha value is -1.94. The number of para-hydroxylation sites is 1. The molecule has 0 fully saturated rings. The highest BCUT2D eigenvalue weighted by atomic mass is 31.2. The molecule has 0 atom stereocenters. The number of carbonyl (C=O) groups is 1. The van der Waals surface area contributed by atoms with Gasteiger partial charge in [0.25, 0.3) is 0 Å². The zero-order valence-electron chi connectivity index (χ0n) is 14.4. The zero-order chi connectivity index (χ0) is 17.7. The number of hydrogen-bond donors (Lipinski definition) is 0. The number of nitrogens with zero attached hydrogens (tertiary/aromatic N) is 1. The first kappa shape index (κ1) is 18.4. The van der Waals surface area contributed by atoms with Gasteiger partial charge in [-0.25, -0.2) is 0 Å². The third-order valence-corrected chi connectivity index (χ3v) is 5.71. The van der Waals surface area contributed by atoms with E-state index in [4.69, 9.17) is 9.05 Å². The predicted molar refractivity (Wildman–Crippen MR) is 96.5 cm³/mol. The molecule has 2 aromatic rings. The summed E-state index contributed by atoms with van der Waals surface area (Å²) in [7, 11) is 1.13. The van der Waals surface area contributed by atoms with Crippen LogP contribution in [0.2, 0.25) is 0 Å². The van der Waals surface area contributed by atoms with Gasteiger partial charge in [0.2, 0.25) is 0 Å². The second-order valence-corrected chi connectivity index (χ2v) is 7.72. The molecule has 0 saturated carbocycles. The van der Waals surface area contributed by atoms with Crippen LogP contribution in [0.5, 0.6) is 0 Å². The molecular weight excluding hydrogens is 325 g/mol. The zero-order valence-corrected chi connectivity index (χ0v) is 15.2. The minimum absolute atomic E-state index is 0.276. The second-order valence-electron chi connectivity index (χ2n) is 5.45. The van der Waals surface area contributed by atoms with Crippen LogP contribution in [-0.2, 0) is 13.6 Å². The van der Waals surface area contributed by atoms with Gasteiger partial charge in [0.15, 0.2) is 5.78 Å². The van der Waals surface area contributed by atoms with Crippen molar-refractivity contribution < 1.29 is 18.4 Å². The number of hydrogen-bond acceptors (Lipinski definition) is 5. The molecule has 0 saturated heterocycles. The number of Topliss-reactive ketones (excluding diaryl/α,β-unsaturated/α-hetero) is 1. The first-order valence-electron chi connectivity index (χ1n) is 7.53. The van der Waals surface area contributed by atoms with E-state index in [1.807, 2.05) is 55.3 Å². The average Bonchev–Trinajstić information content (AvgIpc) is 2.61. The van der Waals surface area contributed by atoms with Crippen LogP contribution in [0, 0.1) is 6.92 Å². The Morgan fingerprint density at radius 1 is 1.08 bits per heavy atom. The summed E-state index contributed by atoms with van der Waals surface area (Å²) in [4.78, 5) is 14.4. The van der Waals surface area contributed by atoms with Crippen LogP contribution < -0.4 is 4.90 Å². The molecule has 0 aliphatic carbocycles. The molecular formula is C18H22NO4P. The second kappa shape index (κ2) is 7.75. The summed E-state index contributed by atoms with van der Waals surface area (Å²) < 4.78 is 21.8. The van der Waals surface area contributed by atoms with Crippen LogP contribution >= 0.6 is 7.60 Å². The molecule has 0 N–H and O–H groups in total. The summed E-state index contributed by atoms with van der Waals surface area (Å²) in [6.07, 6.45) is -0.280. The van der Waals surface area contributed by atoms with E-state index in [1.54, 1.807) is 12.1 Å². The number of carbonyl (C=O) groups excluding carboxylic acids is 1. The largest absolute Gasteiger partial charge is 0.344 e. The fourth-order valence-corrected chi connectivity index (χ4v) is 3.38. The van der Waals surface area contributed by atoms with Crippen molar-refractivity contribution in [3.63, 3.8) is 0 Å². The van der Waals surface area contributed by atoms with Crippen LogP contribution in [0.1, 0.15) is 15.9 Å². The molecule has 0 aliphatic heterocycles. The van der Waals surface area contributed by atoms with Crippen LogP contribution in [0.25, 0.3) is 0 Å². The van der Waals surface area contributed by atoms with Gasteiger partial charge in [0.05, 0.1) is 0 Å². The average molecular weight is 347 g/mol. The van der Waals surface area contributed by atoms with Gasteiger partial charge in [-0.3, -0.25) is 9.36 Å². The fraction of sp³-hybridized carbons (Fsp3) is 0.278.